The summed E-state index contributed by atoms with van der Waals surface area (Å²) >= 11 is 0. The number of nitrogens with zero attached hydrogens (tertiary/aromatic N) is 2. The number of carboxylic acid groups (broad SMARTS) is 1. The van der Waals surface area contributed by atoms with Gasteiger partial charge in [0.15, 0.2) is 0 Å². The number of benzene rings is 2. The lowest BCUT2D eigenvalue weighted by atomic mass is 9.93. The van der Waals surface area contributed by atoms with Gasteiger partial charge in [0.05, 0.1) is 11.7 Å². The standard InChI is InChI=1S/C32H36F2N2O4/c1-4-24-26(32(38)39)11-14-36(31(24)37)23-9-12-35(13-10-23)18-21-15-27(20-5-6-20)28(17-30(21)40-19(2)3)25-8-7-22(33)16-29(25)34/h7-8,11,14-17,19-20,23H,4-6,9-10,12-13,18H2,1-3H3,(H,38,39). The number of carboxylic acids is 1. The van der Waals surface area contributed by atoms with Crippen molar-refractivity contribution in [3.63, 3.8) is 0 Å². The fraction of sp³-hybridized carbons (Fsp3) is 0.438. The minimum absolute atomic E-state index is 0.00846. The molecule has 5 rings (SSSR count). The summed E-state index contributed by atoms with van der Waals surface area (Å²) < 4.78 is 36.4. The first-order chi connectivity index (χ1) is 19.2. The summed E-state index contributed by atoms with van der Waals surface area (Å²) in [6, 6.07) is 9.33. The van der Waals surface area contributed by atoms with Crippen molar-refractivity contribution in [2.75, 3.05) is 13.1 Å². The maximum Gasteiger partial charge on any atom is 0.336 e. The first-order valence-electron chi connectivity index (χ1n) is 14.1. The molecule has 1 saturated carbocycles. The third kappa shape index (κ3) is 5.82. The van der Waals surface area contributed by atoms with Crippen LogP contribution in [0.4, 0.5) is 8.78 Å². The van der Waals surface area contributed by atoms with Crippen molar-refractivity contribution in [2.45, 2.75) is 77.5 Å². The second kappa shape index (κ2) is 11.5. The van der Waals surface area contributed by atoms with Crippen LogP contribution >= 0.6 is 0 Å². The van der Waals surface area contributed by atoms with Crippen molar-refractivity contribution in [3.8, 4) is 16.9 Å². The van der Waals surface area contributed by atoms with Gasteiger partial charge in [-0.1, -0.05) is 6.92 Å². The summed E-state index contributed by atoms with van der Waals surface area (Å²) in [6.07, 6.45) is 5.54. The Morgan fingerprint density at radius 1 is 1.05 bits per heavy atom. The van der Waals surface area contributed by atoms with Gasteiger partial charge in [-0.2, -0.15) is 0 Å². The Morgan fingerprint density at radius 3 is 2.38 bits per heavy atom. The Kier molecular flexibility index (Phi) is 8.08. The van der Waals surface area contributed by atoms with E-state index in [2.05, 4.69) is 11.0 Å². The Morgan fingerprint density at radius 2 is 1.77 bits per heavy atom. The highest BCUT2D eigenvalue weighted by atomic mass is 19.1. The first kappa shape index (κ1) is 28.0. The number of halogens is 2. The van der Waals surface area contributed by atoms with Crippen LogP contribution in [-0.4, -0.2) is 39.7 Å². The lowest BCUT2D eigenvalue weighted by Gasteiger charge is -2.33. The third-order valence-electron chi connectivity index (χ3n) is 7.98. The van der Waals surface area contributed by atoms with E-state index in [1.807, 2.05) is 19.9 Å². The number of ether oxygens (including phenoxy) is 1. The molecule has 2 aromatic carbocycles. The smallest absolute Gasteiger partial charge is 0.336 e. The third-order valence-corrected chi connectivity index (χ3v) is 7.98. The molecule has 0 amide bonds. The second-order valence-corrected chi connectivity index (χ2v) is 11.2. The average molecular weight is 551 g/mol. The molecule has 0 unspecified atom stereocenters. The molecule has 8 heteroatoms. The topological polar surface area (TPSA) is 71.8 Å². The molecule has 0 bridgehead atoms. The van der Waals surface area contributed by atoms with E-state index in [9.17, 15) is 23.5 Å². The molecule has 1 aliphatic heterocycles. The Bertz CT molecular complexity index is 1470. The molecule has 2 fully saturated rings. The van der Waals surface area contributed by atoms with Gasteiger partial charge in [0.1, 0.15) is 17.4 Å². The maximum absolute atomic E-state index is 14.8. The lowest BCUT2D eigenvalue weighted by molar-refractivity contribution is 0.0695. The SMILES string of the molecule is CCc1c(C(=O)O)ccn(C2CCN(Cc3cc(C4CC4)c(-c4ccc(F)cc4F)cc3OC(C)C)CC2)c1=O. The lowest BCUT2D eigenvalue weighted by Crippen LogP contribution is -2.38. The van der Waals surface area contributed by atoms with Gasteiger partial charge in [0.2, 0.25) is 0 Å². The van der Waals surface area contributed by atoms with Crippen LogP contribution in [0.25, 0.3) is 11.1 Å². The van der Waals surface area contributed by atoms with E-state index < -0.39 is 17.6 Å². The minimum atomic E-state index is -1.07. The maximum atomic E-state index is 14.8. The van der Waals surface area contributed by atoms with Crippen molar-refractivity contribution in [3.05, 3.63) is 86.8 Å². The van der Waals surface area contributed by atoms with Gasteiger partial charge in [-0.05, 0) is 93.3 Å². The quantitative estimate of drug-likeness (QED) is 0.327. The molecule has 3 aromatic rings. The molecule has 6 nitrogen and oxygen atoms in total. The van der Waals surface area contributed by atoms with Crippen LogP contribution in [0.3, 0.4) is 0 Å². The van der Waals surface area contributed by atoms with Crippen LogP contribution in [-0.2, 0) is 13.0 Å². The molecular weight excluding hydrogens is 514 g/mol. The molecular formula is C32H36F2N2O4. The monoisotopic (exact) mass is 550 g/mol. The zero-order valence-corrected chi connectivity index (χ0v) is 23.3. The Hall–Kier alpha value is -3.52. The van der Waals surface area contributed by atoms with Crippen molar-refractivity contribution in [1.29, 1.82) is 0 Å². The summed E-state index contributed by atoms with van der Waals surface area (Å²) in [7, 11) is 0. The van der Waals surface area contributed by atoms with Crippen molar-refractivity contribution >= 4 is 5.97 Å². The number of aromatic nitrogens is 1. The number of likely N-dealkylation sites (tertiary alicyclic amines) is 1. The number of hydrogen-bond acceptors (Lipinski definition) is 4. The minimum Gasteiger partial charge on any atom is -0.491 e. The zero-order valence-electron chi connectivity index (χ0n) is 23.3. The summed E-state index contributed by atoms with van der Waals surface area (Å²) in [6.45, 7) is 7.92. The molecule has 1 saturated heterocycles. The van der Waals surface area contributed by atoms with Crippen LogP contribution in [0.5, 0.6) is 5.75 Å². The predicted octanol–water partition coefficient (Wildman–Crippen LogP) is 6.56. The Balaban J connectivity index is 1.39. The van der Waals surface area contributed by atoms with Gasteiger partial charge in [-0.15, -0.1) is 0 Å². The largest absolute Gasteiger partial charge is 0.491 e. The number of piperidine rings is 1. The van der Waals surface area contributed by atoms with Crippen LogP contribution in [0.1, 0.15) is 85.5 Å². The Labute approximate surface area is 233 Å². The second-order valence-electron chi connectivity index (χ2n) is 11.2. The molecule has 2 heterocycles. The van der Waals surface area contributed by atoms with Gasteiger partial charge in [0, 0.05) is 54.6 Å². The summed E-state index contributed by atoms with van der Waals surface area (Å²) in [5, 5.41) is 9.44. The van der Waals surface area contributed by atoms with Crippen LogP contribution in [0.2, 0.25) is 0 Å². The van der Waals surface area contributed by atoms with Crippen molar-refractivity contribution in [1.82, 2.24) is 9.47 Å². The van der Waals surface area contributed by atoms with Crippen LogP contribution in [0, 0.1) is 11.6 Å². The number of hydrogen-bond donors (Lipinski definition) is 1. The van der Waals surface area contributed by atoms with Gasteiger partial charge in [-0.3, -0.25) is 9.69 Å². The molecule has 0 atom stereocenters. The van der Waals surface area contributed by atoms with E-state index in [0.29, 0.717) is 35.8 Å². The molecule has 1 aromatic heterocycles. The highest BCUT2D eigenvalue weighted by Gasteiger charge is 2.30. The van der Waals surface area contributed by atoms with Gasteiger partial charge < -0.3 is 14.4 Å². The van der Waals surface area contributed by atoms with E-state index in [4.69, 9.17) is 4.74 Å². The fourth-order valence-corrected chi connectivity index (χ4v) is 5.82. The first-order valence-corrected chi connectivity index (χ1v) is 14.1. The number of rotatable bonds is 9. The van der Waals surface area contributed by atoms with E-state index >= 15 is 0 Å². The van der Waals surface area contributed by atoms with Crippen LogP contribution < -0.4 is 10.3 Å². The summed E-state index contributed by atoms with van der Waals surface area (Å²) in [5.41, 5.74) is 3.46. The average Bonchev–Trinajstić information content (AvgIpc) is 3.75. The zero-order chi connectivity index (χ0) is 28.6. The molecule has 2 aliphatic rings. The van der Waals surface area contributed by atoms with Gasteiger partial charge in [-0.25, -0.2) is 13.6 Å². The number of pyridine rings is 1. The molecule has 0 radical (unpaired) electrons. The summed E-state index contributed by atoms with van der Waals surface area (Å²) in [4.78, 5) is 26.9. The number of aromatic carboxylic acids is 1. The van der Waals surface area contributed by atoms with E-state index in [1.54, 1.807) is 17.7 Å². The fourth-order valence-electron chi connectivity index (χ4n) is 5.82. The van der Waals surface area contributed by atoms with Gasteiger partial charge in [0.25, 0.3) is 5.56 Å². The molecule has 1 N–H and O–H groups in total. The predicted molar refractivity (Wildman–Crippen MR) is 150 cm³/mol. The number of carbonyl (C=O) groups is 1. The van der Waals surface area contributed by atoms with Crippen molar-refractivity contribution in [2.24, 2.45) is 0 Å². The molecule has 0 spiro atoms. The molecule has 40 heavy (non-hydrogen) atoms. The normalized spacial score (nSPS) is 16.4. The molecule has 212 valence electrons. The van der Waals surface area contributed by atoms with E-state index in [0.717, 1.165) is 61.5 Å². The van der Waals surface area contributed by atoms with Crippen molar-refractivity contribution < 1.29 is 23.4 Å². The van der Waals surface area contributed by atoms with E-state index in [1.165, 1.54) is 18.2 Å². The van der Waals surface area contributed by atoms with Gasteiger partial charge >= 0.3 is 5.97 Å². The highest BCUT2D eigenvalue weighted by molar-refractivity contribution is 5.89. The van der Waals surface area contributed by atoms with E-state index in [-0.39, 0.29) is 23.3 Å². The molecule has 1 aliphatic carbocycles. The van der Waals surface area contributed by atoms with Crippen LogP contribution in [0.15, 0.2) is 47.4 Å². The summed E-state index contributed by atoms with van der Waals surface area (Å²) in [5.74, 6) is -1.20. The highest BCUT2D eigenvalue weighted by Crippen LogP contribution is 2.47.